The SMILES string of the molecule is Cc1ccc(N=Cc2c(OCc3ccc(C(=O)O)cc3)ccc3ccccc23)cc1Cl. The van der Waals surface area contributed by atoms with E-state index >= 15 is 0 Å². The molecular formula is C26H20ClNO3. The Labute approximate surface area is 185 Å². The van der Waals surface area contributed by atoms with Gasteiger partial charge in [-0.15, -0.1) is 0 Å². The molecule has 0 fully saturated rings. The molecule has 0 saturated carbocycles. The molecule has 0 aliphatic heterocycles. The van der Waals surface area contributed by atoms with Crippen LogP contribution in [0.25, 0.3) is 10.8 Å². The second kappa shape index (κ2) is 9.02. The van der Waals surface area contributed by atoms with Crippen molar-refractivity contribution < 1.29 is 14.6 Å². The van der Waals surface area contributed by atoms with E-state index in [4.69, 9.17) is 21.4 Å². The first-order valence-electron chi connectivity index (χ1n) is 9.78. The van der Waals surface area contributed by atoms with E-state index in [-0.39, 0.29) is 5.56 Å². The number of aryl methyl sites for hydroxylation is 1. The average Bonchev–Trinajstić information content (AvgIpc) is 2.79. The van der Waals surface area contributed by atoms with Crippen molar-refractivity contribution in [3.63, 3.8) is 0 Å². The maximum absolute atomic E-state index is 11.0. The zero-order chi connectivity index (χ0) is 21.8. The van der Waals surface area contributed by atoms with Gasteiger partial charge < -0.3 is 9.84 Å². The molecule has 0 aliphatic carbocycles. The fourth-order valence-electron chi connectivity index (χ4n) is 3.24. The van der Waals surface area contributed by atoms with Gasteiger partial charge >= 0.3 is 5.97 Å². The highest BCUT2D eigenvalue weighted by Gasteiger charge is 2.09. The number of hydrogen-bond acceptors (Lipinski definition) is 3. The van der Waals surface area contributed by atoms with Gasteiger partial charge in [-0.25, -0.2) is 4.79 Å². The van der Waals surface area contributed by atoms with Crippen LogP contribution in [0.2, 0.25) is 5.02 Å². The average molecular weight is 430 g/mol. The quantitative estimate of drug-likeness (QED) is 0.342. The molecule has 4 aromatic carbocycles. The predicted molar refractivity (Wildman–Crippen MR) is 125 cm³/mol. The molecular weight excluding hydrogens is 410 g/mol. The van der Waals surface area contributed by atoms with Gasteiger partial charge in [0.1, 0.15) is 12.4 Å². The van der Waals surface area contributed by atoms with Gasteiger partial charge in [0.2, 0.25) is 0 Å². The highest BCUT2D eigenvalue weighted by molar-refractivity contribution is 6.31. The number of ether oxygens (including phenoxy) is 1. The molecule has 0 heterocycles. The lowest BCUT2D eigenvalue weighted by Gasteiger charge is -2.12. The van der Waals surface area contributed by atoms with E-state index < -0.39 is 5.97 Å². The highest BCUT2D eigenvalue weighted by Crippen LogP contribution is 2.29. The van der Waals surface area contributed by atoms with Gasteiger partial charge in [0, 0.05) is 16.8 Å². The number of aliphatic imine (C=N–C) groups is 1. The molecule has 31 heavy (non-hydrogen) atoms. The highest BCUT2D eigenvalue weighted by atomic mass is 35.5. The number of rotatable bonds is 6. The molecule has 0 aliphatic rings. The monoisotopic (exact) mass is 429 g/mol. The summed E-state index contributed by atoms with van der Waals surface area (Å²) in [6.07, 6.45) is 1.80. The second-order valence-electron chi connectivity index (χ2n) is 7.18. The lowest BCUT2D eigenvalue weighted by Crippen LogP contribution is -2.01. The van der Waals surface area contributed by atoms with Crippen molar-refractivity contribution in [2.24, 2.45) is 4.99 Å². The molecule has 0 amide bonds. The molecule has 1 N–H and O–H groups in total. The summed E-state index contributed by atoms with van der Waals surface area (Å²) in [7, 11) is 0. The maximum Gasteiger partial charge on any atom is 0.335 e. The molecule has 4 nitrogen and oxygen atoms in total. The molecule has 0 unspecified atom stereocenters. The van der Waals surface area contributed by atoms with Crippen molar-refractivity contribution in [2.75, 3.05) is 0 Å². The van der Waals surface area contributed by atoms with Crippen molar-refractivity contribution in [3.8, 4) is 5.75 Å². The summed E-state index contributed by atoms with van der Waals surface area (Å²) in [5, 5.41) is 11.8. The predicted octanol–water partition coefficient (Wildman–Crippen LogP) is 6.83. The summed E-state index contributed by atoms with van der Waals surface area (Å²) >= 11 is 6.23. The molecule has 0 bridgehead atoms. The Morgan fingerprint density at radius 2 is 1.81 bits per heavy atom. The first kappa shape index (κ1) is 20.6. The summed E-state index contributed by atoms with van der Waals surface area (Å²) in [5.74, 6) is -0.250. The number of hydrogen-bond donors (Lipinski definition) is 1. The Morgan fingerprint density at radius 3 is 2.55 bits per heavy atom. The molecule has 0 saturated heterocycles. The van der Waals surface area contributed by atoms with E-state index in [9.17, 15) is 4.79 Å². The van der Waals surface area contributed by atoms with E-state index in [1.54, 1.807) is 30.5 Å². The Balaban J connectivity index is 1.65. The summed E-state index contributed by atoms with van der Waals surface area (Å²) in [5.41, 5.74) is 3.77. The van der Waals surface area contributed by atoms with Crippen LogP contribution in [0.15, 0.2) is 83.9 Å². The van der Waals surface area contributed by atoms with E-state index in [2.05, 4.69) is 4.99 Å². The van der Waals surface area contributed by atoms with Crippen molar-refractivity contribution >= 4 is 40.2 Å². The van der Waals surface area contributed by atoms with E-state index in [1.165, 1.54) is 0 Å². The van der Waals surface area contributed by atoms with Crippen LogP contribution in [0, 0.1) is 6.92 Å². The van der Waals surface area contributed by atoms with Gasteiger partial charge in [-0.05, 0) is 59.2 Å². The number of carbonyl (C=O) groups is 1. The van der Waals surface area contributed by atoms with E-state index in [1.807, 2.05) is 61.5 Å². The molecule has 154 valence electrons. The largest absolute Gasteiger partial charge is 0.488 e. The number of halogens is 1. The molecule has 0 aromatic heterocycles. The fourth-order valence-corrected chi connectivity index (χ4v) is 3.42. The van der Waals surface area contributed by atoms with Crippen LogP contribution in [-0.4, -0.2) is 17.3 Å². The third-order valence-corrected chi connectivity index (χ3v) is 5.43. The Bertz CT molecular complexity index is 1280. The number of benzene rings is 4. The minimum Gasteiger partial charge on any atom is -0.488 e. The van der Waals surface area contributed by atoms with Crippen LogP contribution in [0.5, 0.6) is 5.75 Å². The lowest BCUT2D eigenvalue weighted by atomic mass is 10.0. The van der Waals surface area contributed by atoms with E-state index in [0.717, 1.165) is 33.2 Å². The van der Waals surface area contributed by atoms with Gasteiger partial charge in [-0.1, -0.05) is 60.1 Å². The minimum absolute atomic E-state index is 0.249. The molecule has 0 atom stereocenters. The minimum atomic E-state index is -0.947. The number of fused-ring (bicyclic) bond motifs is 1. The smallest absolute Gasteiger partial charge is 0.335 e. The normalized spacial score (nSPS) is 11.2. The maximum atomic E-state index is 11.0. The van der Waals surface area contributed by atoms with Gasteiger partial charge in [0.15, 0.2) is 0 Å². The summed E-state index contributed by atoms with van der Waals surface area (Å²) in [4.78, 5) is 15.7. The standard InChI is InChI=1S/C26H20ClNO3/c1-17-6-12-21(14-24(17)27)28-15-23-22-5-3-2-4-19(22)11-13-25(23)31-16-18-7-9-20(10-8-18)26(29)30/h2-15H,16H2,1H3,(H,29,30). The van der Waals surface area contributed by atoms with Crippen molar-refractivity contribution in [1.29, 1.82) is 0 Å². The third kappa shape index (κ3) is 4.76. The van der Waals surface area contributed by atoms with Crippen molar-refractivity contribution in [3.05, 3.63) is 106 Å². The summed E-state index contributed by atoms with van der Waals surface area (Å²) < 4.78 is 6.10. The molecule has 4 rings (SSSR count). The summed E-state index contributed by atoms with van der Waals surface area (Å²) in [6.45, 7) is 2.27. The van der Waals surface area contributed by atoms with Crippen molar-refractivity contribution in [1.82, 2.24) is 0 Å². The number of nitrogens with zero attached hydrogens (tertiary/aromatic N) is 1. The third-order valence-electron chi connectivity index (χ3n) is 5.02. The molecule has 4 aromatic rings. The topological polar surface area (TPSA) is 58.9 Å². The Morgan fingerprint density at radius 1 is 1.03 bits per heavy atom. The van der Waals surface area contributed by atoms with Crippen molar-refractivity contribution in [2.45, 2.75) is 13.5 Å². The van der Waals surface area contributed by atoms with E-state index in [0.29, 0.717) is 17.4 Å². The fraction of sp³-hybridized carbons (Fsp3) is 0.0769. The first-order chi connectivity index (χ1) is 15.0. The van der Waals surface area contributed by atoms with Crippen LogP contribution < -0.4 is 4.74 Å². The second-order valence-corrected chi connectivity index (χ2v) is 7.59. The lowest BCUT2D eigenvalue weighted by molar-refractivity contribution is 0.0697. The van der Waals surface area contributed by atoms with Crippen LogP contribution in [0.4, 0.5) is 5.69 Å². The number of carboxylic acids is 1. The number of carboxylic acid groups (broad SMARTS) is 1. The first-order valence-corrected chi connectivity index (χ1v) is 10.2. The van der Waals surface area contributed by atoms with Gasteiger partial charge in [0.25, 0.3) is 0 Å². The molecule has 5 heteroatoms. The van der Waals surface area contributed by atoms with Gasteiger partial charge in [0.05, 0.1) is 11.3 Å². The Hall–Kier alpha value is -3.63. The van der Waals surface area contributed by atoms with Crippen LogP contribution in [0.3, 0.4) is 0 Å². The number of aromatic carboxylic acids is 1. The Kier molecular flexibility index (Phi) is 6.01. The van der Waals surface area contributed by atoms with Crippen LogP contribution in [0.1, 0.15) is 27.0 Å². The zero-order valence-corrected chi connectivity index (χ0v) is 17.6. The summed E-state index contributed by atoms with van der Waals surface area (Å²) in [6, 6.07) is 24.4. The van der Waals surface area contributed by atoms with Crippen LogP contribution in [-0.2, 0) is 6.61 Å². The van der Waals surface area contributed by atoms with Gasteiger partial charge in [-0.2, -0.15) is 0 Å². The molecule has 0 radical (unpaired) electrons. The zero-order valence-electron chi connectivity index (χ0n) is 16.9. The molecule has 0 spiro atoms. The van der Waals surface area contributed by atoms with Gasteiger partial charge in [-0.3, -0.25) is 4.99 Å². The van der Waals surface area contributed by atoms with Crippen LogP contribution >= 0.6 is 11.6 Å².